The molecule has 6 heteroatoms. The van der Waals surface area contributed by atoms with Crippen LogP contribution < -0.4 is 10.1 Å². The second kappa shape index (κ2) is 8.60. The molecule has 0 saturated carbocycles. The molecule has 0 spiro atoms. The molecule has 1 aliphatic rings. The van der Waals surface area contributed by atoms with E-state index < -0.39 is 6.43 Å². The van der Waals surface area contributed by atoms with Gasteiger partial charge in [0.25, 0.3) is 0 Å². The molecule has 0 aliphatic carbocycles. The largest absolute Gasteiger partial charge is 0.497 e. The van der Waals surface area contributed by atoms with Gasteiger partial charge in [-0.1, -0.05) is 18.2 Å². The smallest absolute Gasteiger partial charge is 0.240 e. The number of rotatable bonds is 5. The highest BCUT2D eigenvalue weighted by molar-refractivity contribution is 5.85. The lowest BCUT2D eigenvalue weighted by molar-refractivity contribution is 0.0740. The first-order valence-corrected chi connectivity index (χ1v) is 7.98. The van der Waals surface area contributed by atoms with Crippen molar-refractivity contribution in [1.29, 1.82) is 0 Å². The molecule has 0 bridgehead atoms. The zero-order chi connectivity index (χ0) is 16.2. The summed E-state index contributed by atoms with van der Waals surface area (Å²) >= 11 is 0. The van der Waals surface area contributed by atoms with Gasteiger partial charge in [0.15, 0.2) is 0 Å². The van der Waals surface area contributed by atoms with Gasteiger partial charge in [-0.25, -0.2) is 8.78 Å². The number of hydrogen-bond acceptors (Lipinski definition) is 3. The predicted molar refractivity (Wildman–Crippen MR) is 95.6 cm³/mol. The number of benzene rings is 2. The Kier molecular flexibility index (Phi) is 6.78. The molecule has 0 radical (unpaired) electrons. The van der Waals surface area contributed by atoms with Gasteiger partial charge in [-0.3, -0.25) is 4.90 Å². The van der Waals surface area contributed by atoms with Crippen molar-refractivity contribution in [3.63, 3.8) is 0 Å². The van der Waals surface area contributed by atoms with Crippen LogP contribution in [-0.4, -0.2) is 44.6 Å². The van der Waals surface area contributed by atoms with Crippen molar-refractivity contribution < 1.29 is 13.5 Å². The maximum Gasteiger partial charge on any atom is 0.240 e. The number of alkyl halides is 2. The van der Waals surface area contributed by atoms with Crippen molar-refractivity contribution in [1.82, 2.24) is 10.2 Å². The summed E-state index contributed by atoms with van der Waals surface area (Å²) in [6, 6.07) is 11.6. The van der Waals surface area contributed by atoms with Crippen LogP contribution in [0, 0.1) is 0 Å². The van der Waals surface area contributed by atoms with Gasteiger partial charge in [0, 0.05) is 38.6 Å². The molecule has 0 amide bonds. The lowest BCUT2D eigenvalue weighted by Gasteiger charge is -2.35. The Balaban J connectivity index is 0.00000208. The maximum atomic E-state index is 13.1. The third kappa shape index (κ3) is 4.35. The van der Waals surface area contributed by atoms with Gasteiger partial charge in [0.2, 0.25) is 6.43 Å². The Bertz CT molecular complexity index is 663. The first-order chi connectivity index (χ1) is 11.2. The van der Waals surface area contributed by atoms with E-state index in [0.29, 0.717) is 0 Å². The van der Waals surface area contributed by atoms with Crippen LogP contribution in [0.15, 0.2) is 36.4 Å². The van der Waals surface area contributed by atoms with Gasteiger partial charge in [0.05, 0.1) is 7.11 Å². The van der Waals surface area contributed by atoms with E-state index >= 15 is 0 Å². The van der Waals surface area contributed by atoms with Crippen LogP contribution in [0.2, 0.25) is 0 Å². The Morgan fingerprint density at radius 3 is 2.42 bits per heavy atom. The van der Waals surface area contributed by atoms with Crippen LogP contribution in [0.4, 0.5) is 8.78 Å². The van der Waals surface area contributed by atoms with Crippen LogP contribution >= 0.6 is 12.4 Å². The highest BCUT2D eigenvalue weighted by atomic mass is 35.5. The van der Waals surface area contributed by atoms with Crippen LogP contribution in [0.3, 0.4) is 0 Å². The number of methoxy groups -OCH3 is 1. The molecule has 2 aromatic carbocycles. The average molecular weight is 357 g/mol. The van der Waals surface area contributed by atoms with Gasteiger partial charge < -0.3 is 10.1 Å². The molecule has 1 atom stereocenters. The third-order valence-electron chi connectivity index (χ3n) is 4.45. The monoisotopic (exact) mass is 356 g/mol. The fraction of sp³-hybridized carbons (Fsp3) is 0.444. The Hall–Kier alpha value is -1.43. The minimum Gasteiger partial charge on any atom is -0.497 e. The Labute approximate surface area is 147 Å². The Morgan fingerprint density at radius 1 is 1.08 bits per heavy atom. The topological polar surface area (TPSA) is 24.5 Å². The molecular weight excluding hydrogens is 334 g/mol. The number of ether oxygens (including phenoxy) is 1. The average Bonchev–Trinajstić information content (AvgIpc) is 2.59. The molecule has 0 aromatic heterocycles. The molecule has 1 saturated heterocycles. The number of halogens is 3. The van der Waals surface area contributed by atoms with Gasteiger partial charge in [-0.2, -0.15) is 0 Å². The molecule has 1 aliphatic heterocycles. The van der Waals surface area contributed by atoms with E-state index in [1.54, 1.807) is 7.11 Å². The fourth-order valence-corrected chi connectivity index (χ4v) is 3.24. The zero-order valence-electron chi connectivity index (χ0n) is 13.7. The lowest BCUT2D eigenvalue weighted by Crippen LogP contribution is -2.45. The van der Waals surface area contributed by atoms with Crippen LogP contribution in [0.1, 0.15) is 18.0 Å². The van der Waals surface area contributed by atoms with Gasteiger partial charge in [-0.15, -0.1) is 12.4 Å². The van der Waals surface area contributed by atoms with Crippen LogP contribution in [-0.2, 0) is 0 Å². The minimum atomic E-state index is -2.30. The first-order valence-electron chi connectivity index (χ1n) is 7.98. The number of nitrogens with one attached hydrogen (secondary N) is 1. The van der Waals surface area contributed by atoms with Crippen molar-refractivity contribution in [3.05, 3.63) is 42.0 Å². The van der Waals surface area contributed by atoms with Crippen molar-refractivity contribution in [3.8, 4) is 5.75 Å². The number of piperazine rings is 1. The third-order valence-corrected chi connectivity index (χ3v) is 4.45. The van der Waals surface area contributed by atoms with Gasteiger partial charge in [-0.05, 0) is 34.5 Å². The summed E-state index contributed by atoms with van der Waals surface area (Å²) < 4.78 is 31.4. The molecule has 1 fully saturated rings. The van der Waals surface area contributed by atoms with E-state index in [9.17, 15) is 8.78 Å². The molecule has 3 nitrogen and oxygen atoms in total. The van der Waals surface area contributed by atoms with Crippen LogP contribution in [0.25, 0.3) is 10.8 Å². The van der Waals surface area contributed by atoms with Gasteiger partial charge >= 0.3 is 0 Å². The first kappa shape index (κ1) is 18.9. The highest BCUT2D eigenvalue weighted by Crippen LogP contribution is 2.31. The van der Waals surface area contributed by atoms with Crippen molar-refractivity contribution in [2.45, 2.75) is 18.9 Å². The van der Waals surface area contributed by atoms with Crippen LogP contribution in [0.5, 0.6) is 5.75 Å². The van der Waals surface area contributed by atoms with E-state index in [1.165, 1.54) is 0 Å². The highest BCUT2D eigenvalue weighted by Gasteiger charge is 2.25. The summed E-state index contributed by atoms with van der Waals surface area (Å²) in [6.45, 7) is 3.31. The second-order valence-electron chi connectivity index (χ2n) is 5.90. The fourth-order valence-electron chi connectivity index (χ4n) is 3.24. The SMILES string of the molecule is COc1ccc2cc([C@H](CC(F)F)N3CCNCC3)ccc2c1.Cl. The predicted octanol–water partition coefficient (Wildman–Crippen LogP) is 3.87. The quantitative estimate of drug-likeness (QED) is 0.880. The summed E-state index contributed by atoms with van der Waals surface area (Å²) in [6.07, 6.45) is -2.43. The van der Waals surface area contributed by atoms with E-state index in [0.717, 1.165) is 48.3 Å². The molecule has 3 rings (SSSR count). The molecule has 132 valence electrons. The molecule has 0 unspecified atom stereocenters. The maximum absolute atomic E-state index is 13.1. The minimum absolute atomic E-state index is 0. The second-order valence-corrected chi connectivity index (χ2v) is 5.90. The summed E-state index contributed by atoms with van der Waals surface area (Å²) in [7, 11) is 1.64. The molecule has 1 N–H and O–H groups in total. The summed E-state index contributed by atoms with van der Waals surface area (Å²) in [5, 5.41) is 5.39. The van der Waals surface area contributed by atoms with E-state index in [4.69, 9.17) is 4.74 Å². The molecule has 2 aromatic rings. The molecular formula is C18H23ClF2N2O. The van der Waals surface area contributed by atoms with Gasteiger partial charge in [0.1, 0.15) is 5.75 Å². The number of nitrogens with zero attached hydrogens (tertiary/aromatic N) is 1. The Morgan fingerprint density at radius 2 is 1.75 bits per heavy atom. The van der Waals surface area contributed by atoms with Crippen molar-refractivity contribution >= 4 is 23.2 Å². The summed E-state index contributed by atoms with van der Waals surface area (Å²) in [5.74, 6) is 0.802. The normalized spacial score (nSPS) is 16.8. The van der Waals surface area contributed by atoms with Crippen molar-refractivity contribution in [2.75, 3.05) is 33.3 Å². The van der Waals surface area contributed by atoms with E-state index in [-0.39, 0.29) is 24.9 Å². The molecule has 24 heavy (non-hydrogen) atoms. The van der Waals surface area contributed by atoms with Crippen molar-refractivity contribution in [2.24, 2.45) is 0 Å². The van der Waals surface area contributed by atoms with E-state index in [1.807, 2.05) is 36.4 Å². The number of fused-ring (bicyclic) bond motifs is 1. The summed E-state index contributed by atoms with van der Waals surface area (Å²) in [4.78, 5) is 2.16. The summed E-state index contributed by atoms with van der Waals surface area (Å²) in [5.41, 5.74) is 0.963. The zero-order valence-corrected chi connectivity index (χ0v) is 14.5. The van der Waals surface area contributed by atoms with E-state index in [2.05, 4.69) is 10.2 Å². The lowest BCUT2D eigenvalue weighted by atomic mass is 9.98. The molecule has 1 heterocycles. The number of hydrogen-bond donors (Lipinski definition) is 1. The standard InChI is InChI=1S/C18H22F2N2O.ClH/c1-23-16-5-4-13-10-15(3-2-14(13)11-16)17(12-18(19)20)22-8-6-21-7-9-22;/h2-5,10-11,17-18,21H,6-9,12H2,1H3;1H/t17-;/m0./s1.